The molecule has 2 aromatic carbocycles. The summed E-state index contributed by atoms with van der Waals surface area (Å²) in [6.45, 7) is 4.88. The molecule has 0 spiro atoms. The molecule has 150 valence electrons. The molecular weight excluding hydrogens is 372 g/mol. The molecule has 29 heavy (non-hydrogen) atoms. The van der Waals surface area contributed by atoms with Crippen LogP contribution in [-0.2, 0) is 4.79 Å². The van der Waals surface area contributed by atoms with E-state index in [1.807, 2.05) is 44.2 Å². The van der Waals surface area contributed by atoms with Crippen molar-refractivity contribution in [3.8, 4) is 17.5 Å². The van der Waals surface area contributed by atoms with Crippen LogP contribution >= 0.6 is 0 Å². The summed E-state index contributed by atoms with van der Waals surface area (Å²) in [7, 11) is 0. The van der Waals surface area contributed by atoms with E-state index in [0.717, 1.165) is 5.56 Å². The van der Waals surface area contributed by atoms with Gasteiger partial charge in [-0.1, -0.05) is 23.3 Å². The Balaban J connectivity index is 1.52. The molecule has 8 nitrogen and oxygen atoms in total. The number of ether oxygens (including phenoxy) is 1. The highest BCUT2D eigenvalue weighted by atomic mass is 16.6. The number of anilines is 1. The number of amides is 2. The van der Waals surface area contributed by atoms with Gasteiger partial charge in [0.1, 0.15) is 0 Å². The van der Waals surface area contributed by atoms with E-state index in [4.69, 9.17) is 9.15 Å². The molecule has 0 bridgehead atoms. The third kappa shape index (κ3) is 5.19. The number of rotatable bonds is 8. The highest BCUT2D eigenvalue weighted by Gasteiger charge is 2.13. The average molecular weight is 394 g/mol. The molecule has 0 fully saturated rings. The highest BCUT2D eigenvalue weighted by Crippen LogP contribution is 2.20. The Morgan fingerprint density at radius 1 is 1.00 bits per heavy atom. The molecule has 1 heterocycles. The van der Waals surface area contributed by atoms with Crippen LogP contribution in [0, 0.1) is 0 Å². The van der Waals surface area contributed by atoms with E-state index in [9.17, 15) is 9.59 Å². The number of hydrogen-bond acceptors (Lipinski definition) is 6. The molecular formula is C21H22N4O4. The zero-order valence-electron chi connectivity index (χ0n) is 16.3. The van der Waals surface area contributed by atoms with Gasteiger partial charge in [0.15, 0.2) is 6.61 Å². The predicted octanol–water partition coefficient (Wildman–Crippen LogP) is 3.24. The number of nitrogens with zero attached hydrogens (tertiary/aromatic N) is 3. The molecule has 3 rings (SSSR count). The third-order valence-electron chi connectivity index (χ3n) is 4.22. The molecule has 0 unspecified atom stereocenters. The van der Waals surface area contributed by atoms with Crippen LogP contribution in [0.15, 0.2) is 59.0 Å². The maximum atomic E-state index is 12.3. The standard InChI is InChI=1S/C21H22N4O4/c1-3-25(4-2)20(27)16-10-12-17(13-11-16)22-18(26)14-28-21-24-23-19(29-21)15-8-6-5-7-9-15/h5-13H,3-4,14H2,1-2H3,(H,22,26). The first-order chi connectivity index (χ1) is 14.1. The average Bonchev–Trinajstić information content (AvgIpc) is 3.23. The second kappa shape index (κ2) is 9.50. The van der Waals surface area contributed by atoms with E-state index in [1.165, 1.54) is 0 Å². The Morgan fingerprint density at radius 2 is 1.69 bits per heavy atom. The summed E-state index contributed by atoms with van der Waals surface area (Å²) in [6.07, 6.45) is -0.0841. The lowest BCUT2D eigenvalue weighted by molar-refractivity contribution is -0.118. The van der Waals surface area contributed by atoms with Crippen LogP contribution in [0.1, 0.15) is 24.2 Å². The Kier molecular flexibility index (Phi) is 6.57. The number of aromatic nitrogens is 2. The first-order valence-electron chi connectivity index (χ1n) is 9.31. The lowest BCUT2D eigenvalue weighted by Crippen LogP contribution is -2.30. The summed E-state index contributed by atoms with van der Waals surface area (Å²) < 4.78 is 10.6. The fourth-order valence-corrected chi connectivity index (χ4v) is 2.68. The molecule has 2 amide bonds. The minimum atomic E-state index is -0.382. The van der Waals surface area contributed by atoms with Gasteiger partial charge in [-0.25, -0.2) is 0 Å². The summed E-state index contributed by atoms with van der Waals surface area (Å²) in [6, 6.07) is 16.0. The lowest BCUT2D eigenvalue weighted by Gasteiger charge is -2.18. The quantitative estimate of drug-likeness (QED) is 0.630. The number of carbonyl (C=O) groups is 2. The Labute approximate surface area is 168 Å². The van der Waals surface area contributed by atoms with Crippen LogP contribution < -0.4 is 10.1 Å². The van der Waals surface area contributed by atoms with Gasteiger partial charge < -0.3 is 19.4 Å². The summed E-state index contributed by atoms with van der Waals surface area (Å²) >= 11 is 0. The predicted molar refractivity (Wildman–Crippen MR) is 108 cm³/mol. The Bertz CT molecular complexity index is 950. The topological polar surface area (TPSA) is 97.6 Å². The van der Waals surface area contributed by atoms with E-state index < -0.39 is 0 Å². The van der Waals surface area contributed by atoms with Crippen molar-refractivity contribution in [1.82, 2.24) is 15.1 Å². The number of hydrogen-bond donors (Lipinski definition) is 1. The summed E-state index contributed by atoms with van der Waals surface area (Å²) in [4.78, 5) is 26.1. The summed E-state index contributed by atoms with van der Waals surface area (Å²) in [5, 5.41) is 10.4. The van der Waals surface area contributed by atoms with Crippen LogP contribution in [0.5, 0.6) is 6.08 Å². The minimum absolute atomic E-state index is 0.0400. The van der Waals surface area contributed by atoms with Gasteiger partial charge in [-0.05, 0) is 50.2 Å². The highest BCUT2D eigenvalue weighted by molar-refractivity contribution is 5.96. The van der Waals surface area contributed by atoms with Gasteiger partial charge in [0.2, 0.25) is 0 Å². The lowest BCUT2D eigenvalue weighted by atomic mass is 10.2. The van der Waals surface area contributed by atoms with Crippen molar-refractivity contribution in [2.45, 2.75) is 13.8 Å². The molecule has 0 saturated heterocycles. The van der Waals surface area contributed by atoms with Crippen molar-refractivity contribution >= 4 is 17.5 Å². The molecule has 0 radical (unpaired) electrons. The molecule has 1 N–H and O–H groups in total. The summed E-state index contributed by atoms with van der Waals surface area (Å²) in [5.41, 5.74) is 1.89. The molecule has 0 aliphatic carbocycles. The maximum absolute atomic E-state index is 12.3. The van der Waals surface area contributed by atoms with Crippen molar-refractivity contribution in [3.63, 3.8) is 0 Å². The van der Waals surface area contributed by atoms with Crippen LogP contribution in [0.25, 0.3) is 11.5 Å². The van der Waals surface area contributed by atoms with E-state index in [0.29, 0.717) is 30.2 Å². The van der Waals surface area contributed by atoms with Crippen molar-refractivity contribution < 1.29 is 18.7 Å². The largest absolute Gasteiger partial charge is 0.439 e. The van der Waals surface area contributed by atoms with Gasteiger partial charge in [-0.15, -0.1) is 5.10 Å². The van der Waals surface area contributed by atoms with Crippen LogP contribution in [0.4, 0.5) is 5.69 Å². The van der Waals surface area contributed by atoms with Crippen LogP contribution in [-0.4, -0.2) is 46.6 Å². The third-order valence-corrected chi connectivity index (χ3v) is 4.22. The van der Waals surface area contributed by atoms with Crippen LogP contribution in [0.3, 0.4) is 0 Å². The Morgan fingerprint density at radius 3 is 2.34 bits per heavy atom. The smallest absolute Gasteiger partial charge is 0.415 e. The SMILES string of the molecule is CCN(CC)C(=O)c1ccc(NC(=O)COc2nnc(-c3ccccc3)o2)cc1. The Hall–Kier alpha value is -3.68. The number of carbonyl (C=O) groups excluding carboxylic acids is 2. The fourth-order valence-electron chi connectivity index (χ4n) is 2.68. The van der Waals surface area contributed by atoms with E-state index in [1.54, 1.807) is 29.2 Å². The van der Waals surface area contributed by atoms with Crippen molar-refractivity contribution in [3.05, 3.63) is 60.2 Å². The number of nitrogens with one attached hydrogen (secondary N) is 1. The molecule has 0 aliphatic rings. The van der Waals surface area contributed by atoms with Gasteiger partial charge in [0.05, 0.1) is 0 Å². The number of benzene rings is 2. The first-order valence-corrected chi connectivity index (χ1v) is 9.31. The minimum Gasteiger partial charge on any atom is -0.439 e. The van der Waals surface area contributed by atoms with Crippen molar-refractivity contribution in [1.29, 1.82) is 0 Å². The zero-order chi connectivity index (χ0) is 20.6. The zero-order valence-corrected chi connectivity index (χ0v) is 16.3. The second-order valence-corrected chi connectivity index (χ2v) is 6.13. The van der Waals surface area contributed by atoms with Crippen molar-refractivity contribution in [2.24, 2.45) is 0 Å². The molecule has 0 saturated carbocycles. The molecule has 1 aromatic heterocycles. The summed E-state index contributed by atoms with van der Waals surface area (Å²) in [5.74, 6) is -0.108. The molecule has 8 heteroatoms. The molecule has 0 atom stereocenters. The van der Waals surface area contributed by atoms with Gasteiger partial charge >= 0.3 is 6.08 Å². The molecule has 3 aromatic rings. The van der Waals surface area contributed by atoms with Gasteiger partial charge in [0, 0.05) is 29.9 Å². The van der Waals surface area contributed by atoms with E-state index in [-0.39, 0.29) is 24.5 Å². The second-order valence-electron chi connectivity index (χ2n) is 6.13. The normalized spacial score (nSPS) is 10.4. The van der Waals surface area contributed by atoms with Gasteiger partial charge in [-0.2, -0.15) is 0 Å². The van der Waals surface area contributed by atoms with Crippen molar-refractivity contribution in [2.75, 3.05) is 25.0 Å². The maximum Gasteiger partial charge on any atom is 0.415 e. The van der Waals surface area contributed by atoms with E-state index >= 15 is 0 Å². The van der Waals surface area contributed by atoms with E-state index in [2.05, 4.69) is 15.5 Å². The van der Waals surface area contributed by atoms with Crippen LogP contribution in [0.2, 0.25) is 0 Å². The monoisotopic (exact) mass is 394 g/mol. The molecule has 0 aliphatic heterocycles. The van der Waals surface area contributed by atoms with Gasteiger partial charge in [-0.3, -0.25) is 9.59 Å². The first kappa shape index (κ1) is 20.1. The fraction of sp³-hybridized carbons (Fsp3) is 0.238. The van der Waals surface area contributed by atoms with Gasteiger partial charge in [0.25, 0.3) is 17.7 Å².